The van der Waals surface area contributed by atoms with Crippen molar-refractivity contribution in [3.8, 4) is 0 Å². The summed E-state index contributed by atoms with van der Waals surface area (Å²) in [5, 5.41) is 13.6. The largest absolute Gasteiger partial charge is 0.384 e. The molecule has 1 unspecified atom stereocenters. The average molecular weight is 736 g/mol. The summed E-state index contributed by atoms with van der Waals surface area (Å²) in [5.74, 6) is 0.826. The Morgan fingerprint density at radius 1 is 0.902 bits per heavy atom. The normalized spacial score (nSPS) is 15.4. The zero-order valence-electron chi connectivity index (χ0n) is 29.0. The number of anilines is 1. The number of para-hydroxylation sites is 1. The molecule has 1 aromatic heterocycles. The number of guanidine groups is 1. The summed E-state index contributed by atoms with van der Waals surface area (Å²) in [5.41, 5.74) is 8.29. The Bertz CT molecular complexity index is 1960. The quantitative estimate of drug-likeness (QED) is 0.0492. The molecular weight excluding hydrogens is 691 g/mol. The van der Waals surface area contributed by atoms with E-state index in [9.17, 15) is 0 Å². The van der Waals surface area contributed by atoms with E-state index < -0.39 is 0 Å². The van der Waals surface area contributed by atoms with Crippen molar-refractivity contribution >= 4 is 63.4 Å². The molecule has 5 aromatic rings. The molecule has 0 amide bonds. The first-order valence-electron chi connectivity index (χ1n) is 17.6. The topological polar surface area (TPSA) is 64.9 Å². The summed E-state index contributed by atoms with van der Waals surface area (Å²) >= 11 is 13.9. The van der Waals surface area contributed by atoms with Crippen molar-refractivity contribution in [1.82, 2.24) is 14.7 Å². The second-order valence-corrected chi connectivity index (χ2v) is 14.3. The lowest BCUT2D eigenvalue weighted by Gasteiger charge is -2.21. The van der Waals surface area contributed by atoms with Crippen molar-refractivity contribution in [2.24, 2.45) is 10.1 Å². The number of pyridine rings is 1. The molecule has 2 heterocycles. The molecule has 9 heteroatoms. The standard InChI is InChI=1S/C39H38Cl2N6S.C3H6/c40-29-18-16-28(17-19-29)37-34(27-10-2-1-3-11-27)26-47(45-37)39(46-48-31-22-20-30(41)21-23-31)43-25-9-8-24-42-38-32-12-4-6-14-35(32)44-36-15-7-5-13-33(36)38;1-3-2/h1-4,6,10-12,14,16-23,34H,5,7-9,13,15,24-26H2,(H,42,44)(H,43,46);3H,1H2,2H3. The summed E-state index contributed by atoms with van der Waals surface area (Å²) in [7, 11) is 0. The fourth-order valence-electron chi connectivity index (χ4n) is 6.45. The fourth-order valence-corrected chi connectivity index (χ4v) is 7.35. The molecule has 2 N–H and O–H groups in total. The summed E-state index contributed by atoms with van der Waals surface area (Å²) in [4.78, 5) is 11.1. The van der Waals surface area contributed by atoms with E-state index in [1.54, 1.807) is 6.08 Å². The van der Waals surface area contributed by atoms with Gasteiger partial charge in [0, 0.05) is 50.7 Å². The van der Waals surface area contributed by atoms with Crippen LogP contribution in [0.4, 0.5) is 5.69 Å². The van der Waals surface area contributed by atoms with E-state index in [4.69, 9.17) is 38.3 Å². The lowest BCUT2D eigenvalue weighted by Crippen LogP contribution is -2.34. The van der Waals surface area contributed by atoms with Gasteiger partial charge in [0.1, 0.15) is 0 Å². The van der Waals surface area contributed by atoms with Crippen LogP contribution in [0.1, 0.15) is 60.9 Å². The van der Waals surface area contributed by atoms with Crippen LogP contribution in [0.3, 0.4) is 0 Å². The Kier molecular flexibility index (Phi) is 13.1. The molecule has 1 aliphatic carbocycles. The molecule has 4 aromatic carbocycles. The van der Waals surface area contributed by atoms with Crippen molar-refractivity contribution in [1.29, 1.82) is 0 Å². The molecule has 1 aliphatic heterocycles. The van der Waals surface area contributed by atoms with Crippen LogP contribution in [0.2, 0.25) is 10.0 Å². The summed E-state index contributed by atoms with van der Waals surface area (Å²) in [6.45, 7) is 7.49. The number of halogens is 2. The summed E-state index contributed by atoms with van der Waals surface area (Å²) in [6, 6.07) is 34.8. The maximum Gasteiger partial charge on any atom is 0.225 e. The molecule has 0 saturated carbocycles. The fraction of sp³-hybridized carbons (Fsp3) is 0.262. The van der Waals surface area contributed by atoms with Gasteiger partial charge in [0.2, 0.25) is 5.96 Å². The zero-order valence-corrected chi connectivity index (χ0v) is 31.3. The number of aromatic nitrogens is 1. The molecule has 6 nitrogen and oxygen atoms in total. The van der Waals surface area contributed by atoms with Crippen LogP contribution in [0, 0.1) is 0 Å². The number of benzene rings is 4. The van der Waals surface area contributed by atoms with Gasteiger partial charge >= 0.3 is 0 Å². The number of rotatable bonds is 10. The maximum atomic E-state index is 6.25. The predicted octanol–water partition coefficient (Wildman–Crippen LogP) is 11.0. The molecule has 0 fully saturated rings. The molecule has 0 saturated heterocycles. The van der Waals surface area contributed by atoms with Crippen LogP contribution in [0.5, 0.6) is 0 Å². The highest BCUT2D eigenvalue weighted by Gasteiger charge is 2.31. The molecule has 1 atom stereocenters. The SMILES string of the molecule is C=CC.Clc1ccc(SNC(=NCCCCNc2c3c(nc4ccccc24)CCCC3)N2CC(c3ccccc3)C(c3ccc(Cl)cc3)=N2)cc1. The minimum Gasteiger partial charge on any atom is -0.384 e. The van der Waals surface area contributed by atoms with Crippen LogP contribution >= 0.6 is 35.1 Å². The number of hydrazone groups is 1. The Labute approximate surface area is 316 Å². The molecule has 51 heavy (non-hydrogen) atoms. The van der Waals surface area contributed by atoms with Gasteiger partial charge in [0.25, 0.3) is 0 Å². The molecule has 7 rings (SSSR count). The Balaban J connectivity index is 0.00000144. The van der Waals surface area contributed by atoms with Crippen molar-refractivity contribution in [2.75, 3.05) is 25.0 Å². The summed E-state index contributed by atoms with van der Waals surface area (Å²) < 4.78 is 3.52. The number of allylic oxidation sites excluding steroid dienone is 1. The van der Waals surface area contributed by atoms with Crippen molar-refractivity contribution in [3.63, 3.8) is 0 Å². The van der Waals surface area contributed by atoms with Crippen LogP contribution < -0.4 is 10.0 Å². The third-order valence-corrected chi connectivity index (χ3v) is 10.2. The number of aryl methyl sites for hydroxylation is 1. The second-order valence-electron chi connectivity index (χ2n) is 12.6. The molecule has 0 radical (unpaired) electrons. The lowest BCUT2D eigenvalue weighted by atomic mass is 9.91. The monoisotopic (exact) mass is 734 g/mol. The van der Waals surface area contributed by atoms with Gasteiger partial charge in [-0.3, -0.25) is 14.7 Å². The van der Waals surface area contributed by atoms with Gasteiger partial charge < -0.3 is 5.32 Å². The average Bonchev–Trinajstić information content (AvgIpc) is 3.61. The van der Waals surface area contributed by atoms with Gasteiger partial charge in [0.05, 0.1) is 17.8 Å². The highest BCUT2D eigenvalue weighted by atomic mass is 35.5. The van der Waals surface area contributed by atoms with Crippen LogP contribution in [-0.4, -0.2) is 41.3 Å². The Morgan fingerprint density at radius 3 is 2.35 bits per heavy atom. The number of hydrogen-bond donors (Lipinski definition) is 2. The molecule has 0 bridgehead atoms. The summed E-state index contributed by atoms with van der Waals surface area (Å²) in [6.07, 6.45) is 8.30. The maximum absolute atomic E-state index is 6.25. The first-order valence-corrected chi connectivity index (χ1v) is 19.2. The molecule has 2 aliphatic rings. The van der Waals surface area contributed by atoms with Crippen LogP contribution in [-0.2, 0) is 12.8 Å². The third kappa shape index (κ3) is 9.53. The zero-order chi connectivity index (χ0) is 35.4. The lowest BCUT2D eigenvalue weighted by molar-refractivity contribution is 0.463. The van der Waals surface area contributed by atoms with E-state index in [0.29, 0.717) is 23.1 Å². The van der Waals surface area contributed by atoms with E-state index in [1.807, 2.05) is 66.5 Å². The third-order valence-electron chi connectivity index (χ3n) is 8.89. The molecule has 262 valence electrons. The predicted molar refractivity (Wildman–Crippen MR) is 219 cm³/mol. The van der Waals surface area contributed by atoms with Gasteiger partial charge in [0.15, 0.2) is 0 Å². The molecular formula is C42H44Cl2N6S. The van der Waals surface area contributed by atoms with E-state index in [-0.39, 0.29) is 5.92 Å². The smallest absolute Gasteiger partial charge is 0.225 e. The number of nitrogens with one attached hydrogen (secondary N) is 2. The van der Waals surface area contributed by atoms with E-state index in [1.165, 1.54) is 52.7 Å². The van der Waals surface area contributed by atoms with Gasteiger partial charge in [-0.2, -0.15) is 5.10 Å². The van der Waals surface area contributed by atoms with Crippen molar-refractivity contribution in [3.05, 3.63) is 148 Å². The number of unbranched alkanes of at least 4 members (excludes halogenated alkanes) is 1. The van der Waals surface area contributed by atoms with Crippen LogP contribution in [0.15, 0.2) is 131 Å². The first-order chi connectivity index (χ1) is 25.0. The van der Waals surface area contributed by atoms with Crippen molar-refractivity contribution < 1.29 is 0 Å². The van der Waals surface area contributed by atoms with E-state index in [0.717, 1.165) is 59.9 Å². The van der Waals surface area contributed by atoms with Gasteiger partial charge in [-0.1, -0.05) is 89.9 Å². The van der Waals surface area contributed by atoms with E-state index >= 15 is 0 Å². The van der Waals surface area contributed by atoms with Crippen molar-refractivity contribution in [2.45, 2.75) is 56.3 Å². The van der Waals surface area contributed by atoms with E-state index in [2.05, 4.69) is 65.1 Å². The van der Waals surface area contributed by atoms with Gasteiger partial charge in [-0.15, -0.1) is 6.58 Å². The number of aliphatic imine (C=N–C) groups is 1. The minimum atomic E-state index is 0.0882. The first kappa shape index (κ1) is 36.5. The minimum absolute atomic E-state index is 0.0882. The number of fused-ring (bicyclic) bond motifs is 2. The second kappa shape index (κ2) is 18.3. The Morgan fingerprint density at radius 2 is 1.59 bits per heavy atom. The number of nitrogens with zero attached hydrogens (tertiary/aromatic N) is 4. The van der Waals surface area contributed by atoms with Gasteiger partial charge in [-0.25, -0.2) is 5.01 Å². The molecule has 0 spiro atoms. The highest BCUT2D eigenvalue weighted by Crippen LogP contribution is 2.34. The Hall–Kier alpha value is -4.30. The van der Waals surface area contributed by atoms with Gasteiger partial charge in [-0.05, 0) is 117 Å². The number of hydrogen-bond acceptors (Lipinski definition) is 5. The van der Waals surface area contributed by atoms with Crippen LogP contribution in [0.25, 0.3) is 10.9 Å². The highest BCUT2D eigenvalue weighted by molar-refractivity contribution is 7.98.